The number of hydrogen-bond acceptors (Lipinski definition) is 2. The van der Waals surface area contributed by atoms with Crippen LogP contribution in [0.2, 0.25) is 5.02 Å². The molecule has 0 amide bonds. The Morgan fingerprint density at radius 3 is 2.68 bits per heavy atom. The van der Waals surface area contributed by atoms with Gasteiger partial charge in [0.05, 0.1) is 0 Å². The zero-order chi connectivity index (χ0) is 13.5. The fourth-order valence-corrected chi connectivity index (χ4v) is 3.07. The van der Waals surface area contributed by atoms with E-state index in [2.05, 4.69) is 45.5 Å². The third kappa shape index (κ3) is 5.19. The van der Waals surface area contributed by atoms with E-state index in [1.807, 2.05) is 36.0 Å². The van der Waals surface area contributed by atoms with Crippen molar-refractivity contribution >= 4 is 39.3 Å². The minimum atomic E-state index is 0.777. The van der Waals surface area contributed by atoms with E-state index >= 15 is 0 Å². The maximum absolute atomic E-state index is 5.98. The van der Waals surface area contributed by atoms with Crippen molar-refractivity contribution in [2.45, 2.75) is 11.4 Å². The van der Waals surface area contributed by atoms with Crippen LogP contribution < -0.4 is 5.32 Å². The first-order valence-corrected chi connectivity index (χ1v) is 8.24. The Morgan fingerprint density at radius 2 is 1.89 bits per heavy atom. The third-order valence-corrected chi connectivity index (χ3v) is 4.64. The van der Waals surface area contributed by atoms with Crippen molar-refractivity contribution in [2.24, 2.45) is 0 Å². The van der Waals surface area contributed by atoms with Crippen LogP contribution in [0, 0.1) is 0 Å². The van der Waals surface area contributed by atoms with Crippen LogP contribution in [0.15, 0.2) is 57.9 Å². The standard InChI is InChI=1S/C15H15BrClNS/c16-15-7-6-13(17)10-12(15)11-18-8-9-19-14-4-2-1-3-5-14/h1-7,10,18H,8-9,11H2. The third-order valence-electron chi connectivity index (χ3n) is 2.61. The number of rotatable bonds is 6. The molecule has 0 radical (unpaired) electrons. The van der Waals surface area contributed by atoms with Gasteiger partial charge in [0.2, 0.25) is 0 Å². The molecule has 0 unspecified atom stereocenters. The number of nitrogens with one attached hydrogen (secondary N) is 1. The zero-order valence-electron chi connectivity index (χ0n) is 10.4. The van der Waals surface area contributed by atoms with Gasteiger partial charge >= 0.3 is 0 Å². The minimum absolute atomic E-state index is 0.777. The highest BCUT2D eigenvalue weighted by Gasteiger charge is 2.00. The molecule has 19 heavy (non-hydrogen) atoms. The second-order valence-electron chi connectivity index (χ2n) is 4.07. The number of halogens is 2. The van der Waals surface area contributed by atoms with Gasteiger partial charge in [-0.3, -0.25) is 0 Å². The summed E-state index contributed by atoms with van der Waals surface area (Å²) in [5.41, 5.74) is 1.19. The van der Waals surface area contributed by atoms with Crippen LogP contribution in [0.25, 0.3) is 0 Å². The highest BCUT2D eigenvalue weighted by molar-refractivity contribution is 9.10. The van der Waals surface area contributed by atoms with Crippen LogP contribution in [0.3, 0.4) is 0 Å². The van der Waals surface area contributed by atoms with Crippen molar-refractivity contribution in [3.8, 4) is 0 Å². The Hall–Kier alpha value is -0.480. The molecule has 0 aliphatic rings. The van der Waals surface area contributed by atoms with E-state index in [9.17, 15) is 0 Å². The van der Waals surface area contributed by atoms with E-state index in [1.165, 1.54) is 10.5 Å². The molecule has 2 aromatic carbocycles. The lowest BCUT2D eigenvalue weighted by Crippen LogP contribution is -2.16. The maximum atomic E-state index is 5.98. The summed E-state index contributed by atoms with van der Waals surface area (Å²) in [6.07, 6.45) is 0. The van der Waals surface area contributed by atoms with E-state index in [1.54, 1.807) is 0 Å². The summed E-state index contributed by atoms with van der Waals surface area (Å²) < 4.78 is 1.10. The van der Waals surface area contributed by atoms with Gasteiger partial charge < -0.3 is 5.32 Å². The molecule has 0 atom stereocenters. The number of thioether (sulfide) groups is 1. The average molecular weight is 357 g/mol. The Kier molecular flexibility index (Phi) is 6.24. The van der Waals surface area contributed by atoms with Gasteiger partial charge in [0, 0.05) is 33.2 Å². The Balaban J connectivity index is 1.71. The summed E-state index contributed by atoms with van der Waals surface area (Å²) in [4.78, 5) is 1.31. The molecule has 0 spiro atoms. The number of benzene rings is 2. The van der Waals surface area contributed by atoms with Gasteiger partial charge in [-0.25, -0.2) is 0 Å². The summed E-state index contributed by atoms with van der Waals surface area (Å²) in [5, 5.41) is 4.21. The molecule has 0 saturated carbocycles. The van der Waals surface area contributed by atoms with Gasteiger partial charge in [-0.1, -0.05) is 45.7 Å². The second kappa shape index (κ2) is 7.95. The molecule has 100 valence electrons. The summed E-state index contributed by atoms with van der Waals surface area (Å²) in [6, 6.07) is 16.3. The van der Waals surface area contributed by atoms with E-state index < -0.39 is 0 Å². The van der Waals surface area contributed by atoms with Crippen molar-refractivity contribution in [3.05, 3.63) is 63.6 Å². The van der Waals surface area contributed by atoms with Gasteiger partial charge in [0.25, 0.3) is 0 Å². The Morgan fingerprint density at radius 1 is 1.11 bits per heavy atom. The lowest BCUT2D eigenvalue weighted by molar-refractivity contribution is 0.730. The summed E-state index contributed by atoms with van der Waals surface area (Å²) in [7, 11) is 0. The molecule has 0 saturated heterocycles. The molecule has 1 nitrogen and oxygen atoms in total. The molecule has 1 N–H and O–H groups in total. The molecule has 0 aromatic heterocycles. The minimum Gasteiger partial charge on any atom is -0.312 e. The topological polar surface area (TPSA) is 12.0 Å². The van der Waals surface area contributed by atoms with Crippen molar-refractivity contribution in [1.82, 2.24) is 5.32 Å². The fraction of sp³-hybridized carbons (Fsp3) is 0.200. The van der Waals surface area contributed by atoms with E-state index in [0.29, 0.717) is 0 Å². The molecular weight excluding hydrogens is 342 g/mol. The van der Waals surface area contributed by atoms with Crippen molar-refractivity contribution in [3.63, 3.8) is 0 Å². The van der Waals surface area contributed by atoms with E-state index in [4.69, 9.17) is 11.6 Å². The van der Waals surface area contributed by atoms with Crippen molar-refractivity contribution < 1.29 is 0 Å². The highest BCUT2D eigenvalue weighted by atomic mass is 79.9. The summed E-state index contributed by atoms with van der Waals surface area (Å²) in [6.45, 7) is 1.80. The van der Waals surface area contributed by atoms with Gasteiger partial charge in [0.15, 0.2) is 0 Å². The van der Waals surface area contributed by atoms with E-state index in [-0.39, 0.29) is 0 Å². The molecule has 0 fully saturated rings. The highest BCUT2D eigenvalue weighted by Crippen LogP contribution is 2.21. The molecule has 0 heterocycles. The first kappa shape index (κ1) is 14.9. The number of hydrogen-bond donors (Lipinski definition) is 1. The zero-order valence-corrected chi connectivity index (χ0v) is 13.6. The van der Waals surface area contributed by atoms with E-state index in [0.717, 1.165) is 28.3 Å². The van der Waals surface area contributed by atoms with Crippen LogP contribution in [0.4, 0.5) is 0 Å². The van der Waals surface area contributed by atoms with Crippen molar-refractivity contribution in [1.29, 1.82) is 0 Å². The van der Waals surface area contributed by atoms with Gasteiger partial charge in [0.1, 0.15) is 0 Å². The monoisotopic (exact) mass is 355 g/mol. The molecule has 2 aromatic rings. The van der Waals surface area contributed by atoms with Gasteiger partial charge in [-0.2, -0.15) is 0 Å². The van der Waals surface area contributed by atoms with Crippen LogP contribution in [0.5, 0.6) is 0 Å². The average Bonchev–Trinajstić information content (AvgIpc) is 2.43. The van der Waals surface area contributed by atoms with Crippen LogP contribution in [0.1, 0.15) is 5.56 Å². The predicted octanol–water partition coefficient (Wildman–Crippen LogP) is 4.98. The van der Waals surface area contributed by atoms with Crippen LogP contribution in [-0.4, -0.2) is 12.3 Å². The Labute approximate surface area is 131 Å². The molecule has 4 heteroatoms. The lowest BCUT2D eigenvalue weighted by Gasteiger charge is -2.07. The largest absolute Gasteiger partial charge is 0.312 e. The lowest BCUT2D eigenvalue weighted by atomic mass is 10.2. The van der Waals surface area contributed by atoms with Gasteiger partial charge in [-0.05, 0) is 35.9 Å². The first-order chi connectivity index (χ1) is 9.25. The van der Waals surface area contributed by atoms with Gasteiger partial charge in [-0.15, -0.1) is 11.8 Å². The first-order valence-electron chi connectivity index (χ1n) is 6.08. The summed E-state index contributed by atoms with van der Waals surface area (Å²) >= 11 is 11.4. The maximum Gasteiger partial charge on any atom is 0.0410 e. The quantitative estimate of drug-likeness (QED) is 0.578. The SMILES string of the molecule is Clc1ccc(Br)c(CNCCSc2ccccc2)c1. The molecule has 2 rings (SSSR count). The normalized spacial score (nSPS) is 10.6. The smallest absolute Gasteiger partial charge is 0.0410 e. The van der Waals surface area contributed by atoms with Crippen molar-refractivity contribution in [2.75, 3.05) is 12.3 Å². The molecular formula is C15H15BrClNS. The fourth-order valence-electron chi connectivity index (χ4n) is 1.66. The molecule has 0 bridgehead atoms. The second-order valence-corrected chi connectivity index (χ2v) is 6.53. The summed E-state index contributed by atoms with van der Waals surface area (Å²) in [5.74, 6) is 1.06. The molecule has 0 aliphatic heterocycles. The Bertz CT molecular complexity index is 519. The molecule has 0 aliphatic carbocycles. The van der Waals surface area contributed by atoms with Crippen LogP contribution in [-0.2, 0) is 6.54 Å². The predicted molar refractivity (Wildman–Crippen MR) is 88.0 cm³/mol. The van der Waals surface area contributed by atoms with Crippen LogP contribution >= 0.6 is 39.3 Å².